The highest BCUT2D eigenvalue weighted by molar-refractivity contribution is 7.10. The lowest BCUT2D eigenvalue weighted by molar-refractivity contribution is -0.116. The SMILES string of the molecule is Cc1csc(C)c1N(Cc1ccco1)C(=O)CCl. The van der Waals surface area contributed by atoms with Gasteiger partial charge in [-0.25, -0.2) is 0 Å². The van der Waals surface area contributed by atoms with Gasteiger partial charge < -0.3 is 9.32 Å². The van der Waals surface area contributed by atoms with E-state index in [1.54, 1.807) is 22.5 Å². The van der Waals surface area contributed by atoms with Gasteiger partial charge in [-0.15, -0.1) is 22.9 Å². The van der Waals surface area contributed by atoms with E-state index in [9.17, 15) is 4.79 Å². The molecule has 2 rings (SSSR count). The first kappa shape index (κ1) is 13.2. The third-order valence-corrected chi connectivity index (χ3v) is 3.95. The first-order valence-electron chi connectivity index (χ1n) is 5.57. The first-order chi connectivity index (χ1) is 8.63. The Hall–Kier alpha value is -1.26. The maximum atomic E-state index is 12.0. The number of amides is 1. The molecular formula is C13H14ClNO2S. The van der Waals surface area contributed by atoms with Gasteiger partial charge >= 0.3 is 0 Å². The topological polar surface area (TPSA) is 33.5 Å². The molecule has 0 bridgehead atoms. The Morgan fingerprint density at radius 1 is 1.50 bits per heavy atom. The van der Waals surface area contributed by atoms with Gasteiger partial charge in [0.15, 0.2) is 0 Å². The van der Waals surface area contributed by atoms with Gasteiger partial charge in [0.05, 0.1) is 18.5 Å². The Kier molecular flexibility index (Phi) is 4.09. The van der Waals surface area contributed by atoms with Crippen LogP contribution in [-0.4, -0.2) is 11.8 Å². The van der Waals surface area contributed by atoms with Crippen LogP contribution in [0.4, 0.5) is 5.69 Å². The number of carbonyl (C=O) groups excluding carboxylic acids is 1. The lowest BCUT2D eigenvalue weighted by Gasteiger charge is -2.22. The van der Waals surface area contributed by atoms with Gasteiger partial charge in [-0.1, -0.05) is 0 Å². The number of carbonyl (C=O) groups is 1. The number of rotatable bonds is 4. The van der Waals surface area contributed by atoms with E-state index in [0.29, 0.717) is 6.54 Å². The van der Waals surface area contributed by atoms with Crippen LogP contribution in [0.2, 0.25) is 0 Å². The molecule has 1 amide bonds. The smallest absolute Gasteiger partial charge is 0.242 e. The summed E-state index contributed by atoms with van der Waals surface area (Å²) >= 11 is 7.32. The fraction of sp³-hybridized carbons (Fsp3) is 0.308. The number of alkyl halides is 1. The minimum absolute atomic E-state index is 0.0323. The molecule has 0 aliphatic rings. The molecule has 0 aromatic carbocycles. The van der Waals surface area contributed by atoms with E-state index >= 15 is 0 Å². The fourth-order valence-corrected chi connectivity index (χ4v) is 2.88. The molecule has 0 N–H and O–H groups in total. The molecule has 2 heterocycles. The highest BCUT2D eigenvalue weighted by atomic mass is 35.5. The van der Waals surface area contributed by atoms with Crippen molar-refractivity contribution in [2.45, 2.75) is 20.4 Å². The van der Waals surface area contributed by atoms with Crippen molar-refractivity contribution in [1.29, 1.82) is 0 Å². The molecule has 2 aromatic heterocycles. The Morgan fingerprint density at radius 2 is 2.28 bits per heavy atom. The zero-order chi connectivity index (χ0) is 13.1. The Morgan fingerprint density at radius 3 is 2.78 bits per heavy atom. The van der Waals surface area contributed by atoms with Crippen LogP contribution in [0, 0.1) is 13.8 Å². The third kappa shape index (κ3) is 2.60. The molecule has 0 aliphatic carbocycles. The molecule has 0 aliphatic heterocycles. The molecule has 0 radical (unpaired) electrons. The van der Waals surface area contributed by atoms with Crippen LogP contribution in [0.15, 0.2) is 28.2 Å². The molecule has 0 atom stereocenters. The minimum atomic E-state index is -0.113. The zero-order valence-electron chi connectivity index (χ0n) is 10.3. The van der Waals surface area contributed by atoms with Crippen LogP contribution < -0.4 is 4.90 Å². The average molecular weight is 284 g/mol. The van der Waals surface area contributed by atoms with Crippen molar-refractivity contribution in [3.05, 3.63) is 40.0 Å². The molecule has 0 unspecified atom stereocenters. The van der Waals surface area contributed by atoms with Gasteiger partial charge in [0.2, 0.25) is 5.91 Å². The molecule has 18 heavy (non-hydrogen) atoms. The molecule has 0 fully saturated rings. The van der Waals surface area contributed by atoms with Crippen molar-refractivity contribution in [1.82, 2.24) is 0 Å². The van der Waals surface area contributed by atoms with Crippen LogP contribution in [0.5, 0.6) is 0 Å². The largest absolute Gasteiger partial charge is 0.467 e. The second-order valence-electron chi connectivity index (χ2n) is 4.02. The van der Waals surface area contributed by atoms with E-state index < -0.39 is 0 Å². The van der Waals surface area contributed by atoms with Crippen LogP contribution in [0.25, 0.3) is 0 Å². The van der Waals surface area contributed by atoms with E-state index in [2.05, 4.69) is 0 Å². The molecule has 0 spiro atoms. The predicted octanol–water partition coefficient (Wildman–Crippen LogP) is 3.73. The third-order valence-electron chi connectivity index (χ3n) is 2.70. The zero-order valence-corrected chi connectivity index (χ0v) is 11.8. The maximum absolute atomic E-state index is 12.0. The summed E-state index contributed by atoms with van der Waals surface area (Å²) in [6.07, 6.45) is 1.60. The van der Waals surface area contributed by atoms with Gasteiger partial charge in [0, 0.05) is 4.88 Å². The van der Waals surface area contributed by atoms with E-state index in [-0.39, 0.29) is 11.8 Å². The number of hydrogen-bond donors (Lipinski definition) is 0. The number of anilines is 1. The molecule has 3 nitrogen and oxygen atoms in total. The molecule has 5 heteroatoms. The Labute approximate surface area is 115 Å². The summed E-state index contributed by atoms with van der Waals surface area (Å²) in [6.45, 7) is 4.41. The molecule has 0 saturated carbocycles. The van der Waals surface area contributed by atoms with Crippen LogP contribution >= 0.6 is 22.9 Å². The van der Waals surface area contributed by atoms with Gasteiger partial charge in [-0.05, 0) is 36.9 Å². The average Bonchev–Trinajstić information content (AvgIpc) is 2.97. The van der Waals surface area contributed by atoms with E-state index in [1.807, 2.05) is 31.4 Å². The minimum Gasteiger partial charge on any atom is -0.467 e. The van der Waals surface area contributed by atoms with Crippen molar-refractivity contribution in [3.8, 4) is 0 Å². The summed E-state index contributed by atoms with van der Waals surface area (Å²) in [5.74, 6) is 0.603. The molecule has 96 valence electrons. The summed E-state index contributed by atoms with van der Waals surface area (Å²) in [5.41, 5.74) is 2.03. The first-order valence-corrected chi connectivity index (χ1v) is 6.98. The van der Waals surface area contributed by atoms with Gasteiger partial charge in [0.1, 0.15) is 11.6 Å². The second-order valence-corrected chi connectivity index (χ2v) is 5.37. The molecule has 2 aromatic rings. The summed E-state index contributed by atoms with van der Waals surface area (Å²) in [4.78, 5) is 14.8. The standard InChI is InChI=1S/C13H14ClNO2S/c1-9-8-18-10(2)13(9)15(12(16)6-14)7-11-4-3-5-17-11/h3-5,8H,6-7H2,1-2H3. The number of nitrogens with zero attached hydrogens (tertiary/aromatic N) is 1. The normalized spacial score (nSPS) is 10.6. The number of hydrogen-bond acceptors (Lipinski definition) is 3. The van der Waals surface area contributed by atoms with Gasteiger partial charge in [-0.2, -0.15) is 0 Å². The highest BCUT2D eigenvalue weighted by Gasteiger charge is 2.21. The summed E-state index contributed by atoms with van der Waals surface area (Å²) in [7, 11) is 0. The van der Waals surface area contributed by atoms with E-state index in [1.165, 1.54) is 0 Å². The van der Waals surface area contributed by atoms with Crippen molar-refractivity contribution in [2.24, 2.45) is 0 Å². The van der Waals surface area contributed by atoms with Crippen molar-refractivity contribution in [2.75, 3.05) is 10.8 Å². The van der Waals surface area contributed by atoms with Crippen molar-refractivity contribution in [3.63, 3.8) is 0 Å². The number of furan rings is 1. The lowest BCUT2D eigenvalue weighted by Crippen LogP contribution is -2.31. The molecular weight excluding hydrogens is 270 g/mol. The summed E-state index contributed by atoms with van der Waals surface area (Å²) in [6, 6.07) is 3.66. The van der Waals surface area contributed by atoms with Crippen molar-refractivity contribution >= 4 is 34.5 Å². The van der Waals surface area contributed by atoms with Gasteiger partial charge in [-0.3, -0.25) is 4.79 Å². The van der Waals surface area contributed by atoms with Crippen molar-refractivity contribution < 1.29 is 9.21 Å². The van der Waals surface area contributed by atoms with Crippen LogP contribution in [0.3, 0.4) is 0 Å². The fourth-order valence-electron chi connectivity index (χ4n) is 1.89. The predicted molar refractivity (Wildman–Crippen MR) is 74.4 cm³/mol. The lowest BCUT2D eigenvalue weighted by atomic mass is 10.2. The highest BCUT2D eigenvalue weighted by Crippen LogP contribution is 2.31. The Bertz CT molecular complexity index is 514. The second kappa shape index (κ2) is 5.59. The number of halogens is 1. The number of aryl methyl sites for hydroxylation is 2. The van der Waals surface area contributed by atoms with Crippen LogP contribution in [0.1, 0.15) is 16.2 Å². The monoisotopic (exact) mass is 283 g/mol. The quantitative estimate of drug-likeness (QED) is 0.801. The maximum Gasteiger partial charge on any atom is 0.242 e. The van der Waals surface area contributed by atoms with Crippen LogP contribution in [-0.2, 0) is 11.3 Å². The van der Waals surface area contributed by atoms with Gasteiger partial charge in [0.25, 0.3) is 0 Å². The number of thiophene rings is 1. The Balaban J connectivity index is 2.34. The summed E-state index contributed by atoms with van der Waals surface area (Å²) < 4.78 is 5.30. The van der Waals surface area contributed by atoms with E-state index in [4.69, 9.17) is 16.0 Å². The summed E-state index contributed by atoms with van der Waals surface area (Å²) in [5, 5.41) is 2.04. The molecule has 0 saturated heterocycles. The van der Waals surface area contributed by atoms with E-state index in [0.717, 1.165) is 21.9 Å².